The summed E-state index contributed by atoms with van der Waals surface area (Å²) in [6.45, 7) is 3.43. The van der Waals surface area contributed by atoms with E-state index in [1.807, 2.05) is 25.1 Å². The molecule has 1 fully saturated rings. The summed E-state index contributed by atoms with van der Waals surface area (Å²) in [7, 11) is 1.73. The number of hydrogen-bond donors (Lipinski definition) is 1. The van der Waals surface area contributed by atoms with Gasteiger partial charge in [-0.15, -0.1) is 0 Å². The molecule has 6 nitrogen and oxygen atoms in total. The maximum Gasteiger partial charge on any atom is 0.255 e. The second kappa shape index (κ2) is 7.19. The van der Waals surface area contributed by atoms with Crippen LogP contribution in [0.3, 0.4) is 0 Å². The van der Waals surface area contributed by atoms with Crippen LogP contribution in [-0.2, 0) is 0 Å². The van der Waals surface area contributed by atoms with Gasteiger partial charge in [-0.3, -0.25) is 9.78 Å². The Hall–Kier alpha value is -2.47. The molecule has 1 amide bonds. The average molecular weight is 340 g/mol. The van der Waals surface area contributed by atoms with E-state index in [-0.39, 0.29) is 12.5 Å². The number of hydrogen-bond acceptors (Lipinski definition) is 5. The number of aromatic nitrogens is 2. The fourth-order valence-electron chi connectivity index (χ4n) is 3.41. The van der Waals surface area contributed by atoms with E-state index in [1.165, 1.54) is 0 Å². The molecule has 0 bridgehead atoms. The molecule has 2 aromatic heterocycles. The van der Waals surface area contributed by atoms with Gasteiger partial charge in [-0.05, 0) is 44.0 Å². The van der Waals surface area contributed by atoms with E-state index in [9.17, 15) is 9.90 Å². The molecule has 1 atom stereocenters. The van der Waals surface area contributed by atoms with Crippen LogP contribution in [0.15, 0.2) is 42.7 Å². The van der Waals surface area contributed by atoms with Gasteiger partial charge in [0.1, 0.15) is 5.82 Å². The van der Waals surface area contributed by atoms with Crippen molar-refractivity contribution in [1.29, 1.82) is 0 Å². The number of amides is 1. The minimum atomic E-state index is -0.948. The van der Waals surface area contributed by atoms with Crippen molar-refractivity contribution in [3.8, 4) is 0 Å². The quantitative estimate of drug-likeness (QED) is 0.920. The zero-order chi connectivity index (χ0) is 17.9. The fraction of sp³-hybridized carbons (Fsp3) is 0.421. The molecule has 132 valence electrons. The van der Waals surface area contributed by atoms with Crippen LogP contribution in [0.4, 0.5) is 5.82 Å². The Balaban J connectivity index is 1.70. The summed E-state index contributed by atoms with van der Waals surface area (Å²) in [5, 5.41) is 11.1. The van der Waals surface area contributed by atoms with E-state index in [4.69, 9.17) is 0 Å². The van der Waals surface area contributed by atoms with Crippen LogP contribution < -0.4 is 4.90 Å². The molecule has 25 heavy (non-hydrogen) atoms. The number of rotatable bonds is 4. The van der Waals surface area contributed by atoms with E-state index in [1.54, 1.807) is 36.5 Å². The molecule has 1 saturated heterocycles. The number of β-amino-alcohol motifs (C(OH)–C–C–N with tert-alkyl or cyclic N) is 1. The lowest BCUT2D eigenvalue weighted by molar-refractivity contribution is -0.000168. The largest absolute Gasteiger partial charge is 0.386 e. The lowest BCUT2D eigenvalue weighted by atomic mass is 9.92. The van der Waals surface area contributed by atoms with E-state index >= 15 is 0 Å². The molecule has 0 unspecified atom stereocenters. The number of nitrogens with zero attached hydrogens (tertiary/aromatic N) is 4. The summed E-state index contributed by atoms with van der Waals surface area (Å²) in [5.41, 5.74) is 0.326. The molecule has 0 spiro atoms. The Kier molecular flexibility index (Phi) is 4.99. The van der Waals surface area contributed by atoms with Crippen molar-refractivity contribution in [1.82, 2.24) is 14.9 Å². The minimum Gasteiger partial charge on any atom is -0.386 e. The van der Waals surface area contributed by atoms with Gasteiger partial charge in [0.2, 0.25) is 0 Å². The van der Waals surface area contributed by atoms with Gasteiger partial charge in [-0.25, -0.2) is 4.98 Å². The highest BCUT2D eigenvalue weighted by Gasteiger charge is 2.36. The molecule has 3 heterocycles. The first-order valence-electron chi connectivity index (χ1n) is 8.54. The summed E-state index contributed by atoms with van der Waals surface area (Å²) in [5.74, 6) is 0.742. The van der Waals surface area contributed by atoms with Gasteiger partial charge in [0.15, 0.2) is 0 Å². The average Bonchev–Trinajstić information content (AvgIpc) is 2.62. The highest BCUT2D eigenvalue weighted by Crippen LogP contribution is 2.26. The van der Waals surface area contributed by atoms with E-state index in [0.717, 1.165) is 18.8 Å². The number of likely N-dealkylation sites (N-methyl/N-ethyl adjacent to an activating group) is 1. The van der Waals surface area contributed by atoms with Gasteiger partial charge >= 0.3 is 0 Å². The molecule has 1 N–H and O–H groups in total. The van der Waals surface area contributed by atoms with E-state index < -0.39 is 5.60 Å². The second-order valence-electron chi connectivity index (χ2n) is 6.73. The van der Waals surface area contributed by atoms with Gasteiger partial charge in [0.05, 0.1) is 17.7 Å². The number of carbonyl (C=O) groups is 1. The Morgan fingerprint density at radius 1 is 1.28 bits per heavy atom. The summed E-state index contributed by atoms with van der Waals surface area (Å²) in [6, 6.07) is 9.29. The smallest absolute Gasteiger partial charge is 0.255 e. The Labute approximate surface area is 148 Å². The van der Waals surface area contributed by atoms with Gasteiger partial charge in [-0.1, -0.05) is 6.07 Å². The Bertz CT molecular complexity index is 737. The minimum absolute atomic E-state index is 0.117. The summed E-state index contributed by atoms with van der Waals surface area (Å²) in [6.07, 6.45) is 4.95. The van der Waals surface area contributed by atoms with E-state index in [0.29, 0.717) is 24.2 Å². The van der Waals surface area contributed by atoms with Crippen molar-refractivity contribution in [3.05, 3.63) is 54.0 Å². The molecule has 2 aromatic rings. The number of anilines is 1. The van der Waals surface area contributed by atoms with Gasteiger partial charge in [0, 0.05) is 38.2 Å². The zero-order valence-corrected chi connectivity index (χ0v) is 14.7. The van der Waals surface area contributed by atoms with Crippen LogP contribution in [0, 0.1) is 6.92 Å². The highest BCUT2D eigenvalue weighted by atomic mass is 16.3. The lowest BCUT2D eigenvalue weighted by Crippen LogP contribution is -2.55. The van der Waals surface area contributed by atoms with Crippen LogP contribution in [0.1, 0.15) is 28.9 Å². The van der Waals surface area contributed by atoms with Crippen molar-refractivity contribution in [2.45, 2.75) is 25.4 Å². The summed E-state index contributed by atoms with van der Waals surface area (Å²) >= 11 is 0. The SMILES string of the molecule is Cc1ncccc1C(=O)N(C)C[C@]1(O)CCCN(c2ccccn2)C1. The first-order chi connectivity index (χ1) is 12.0. The monoisotopic (exact) mass is 340 g/mol. The third-order valence-corrected chi connectivity index (χ3v) is 4.64. The van der Waals surface area contributed by atoms with Gasteiger partial charge in [0.25, 0.3) is 5.91 Å². The Morgan fingerprint density at radius 2 is 2.08 bits per heavy atom. The number of aliphatic hydroxyl groups is 1. The maximum atomic E-state index is 12.7. The molecule has 0 radical (unpaired) electrons. The van der Waals surface area contributed by atoms with Gasteiger partial charge < -0.3 is 14.9 Å². The Morgan fingerprint density at radius 3 is 2.80 bits per heavy atom. The van der Waals surface area contributed by atoms with Crippen molar-refractivity contribution < 1.29 is 9.90 Å². The highest BCUT2D eigenvalue weighted by molar-refractivity contribution is 5.95. The van der Waals surface area contributed by atoms with Crippen LogP contribution in [0.5, 0.6) is 0 Å². The first kappa shape index (κ1) is 17.4. The molecular weight excluding hydrogens is 316 g/mol. The summed E-state index contributed by atoms with van der Waals surface area (Å²) < 4.78 is 0. The number of pyridine rings is 2. The fourth-order valence-corrected chi connectivity index (χ4v) is 3.41. The zero-order valence-electron chi connectivity index (χ0n) is 14.7. The van der Waals surface area contributed by atoms with E-state index in [2.05, 4.69) is 14.9 Å². The predicted molar refractivity (Wildman–Crippen MR) is 96.6 cm³/mol. The molecule has 6 heteroatoms. The first-order valence-corrected chi connectivity index (χ1v) is 8.54. The maximum absolute atomic E-state index is 12.7. The summed E-state index contributed by atoms with van der Waals surface area (Å²) in [4.78, 5) is 24.9. The molecule has 3 rings (SSSR count). The predicted octanol–water partition coefficient (Wildman–Crippen LogP) is 1.89. The molecule has 1 aliphatic heterocycles. The lowest BCUT2D eigenvalue weighted by Gasteiger charge is -2.41. The number of piperidine rings is 1. The van der Waals surface area contributed by atoms with Crippen LogP contribution in [0.25, 0.3) is 0 Å². The molecule has 0 saturated carbocycles. The van der Waals surface area contributed by atoms with Crippen LogP contribution in [-0.4, -0.2) is 58.2 Å². The number of aryl methyl sites for hydroxylation is 1. The third-order valence-electron chi connectivity index (χ3n) is 4.64. The van der Waals surface area contributed by atoms with Crippen molar-refractivity contribution in [2.75, 3.05) is 31.6 Å². The molecular formula is C19H24N4O2. The van der Waals surface area contributed by atoms with Crippen LogP contribution >= 0.6 is 0 Å². The molecule has 0 aliphatic carbocycles. The second-order valence-corrected chi connectivity index (χ2v) is 6.73. The normalized spacial score (nSPS) is 20.4. The number of carbonyl (C=O) groups excluding carboxylic acids is 1. The van der Waals surface area contributed by atoms with Crippen molar-refractivity contribution in [3.63, 3.8) is 0 Å². The topological polar surface area (TPSA) is 69.6 Å². The van der Waals surface area contributed by atoms with Crippen molar-refractivity contribution >= 4 is 11.7 Å². The molecule has 0 aromatic carbocycles. The standard InChI is InChI=1S/C19H24N4O2/c1-15-16(7-5-11-20-15)18(24)22(2)13-19(25)9-6-12-23(14-19)17-8-3-4-10-21-17/h3-5,7-8,10-11,25H,6,9,12-14H2,1-2H3/t19-/m1/s1. The van der Waals surface area contributed by atoms with Crippen LogP contribution in [0.2, 0.25) is 0 Å². The third kappa shape index (κ3) is 3.96. The molecule has 1 aliphatic rings. The van der Waals surface area contributed by atoms with Crippen molar-refractivity contribution in [2.24, 2.45) is 0 Å². The van der Waals surface area contributed by atoms with Gasteiger partial charge in [-0.2, -0.15) is 0 Å².